The number of rotatable bonds is 4. The molecular weight excluding hydrogens is 306 g/mol. The molecule has 0 radical (unpaired) electrons. The zero-order valence-corrected chi connectivity index (χ0v) is 12.2. The van der Waals surface area contributed by atoms with Crippen LogP contribution in [-0.4, -0.2) is 5.11 Å². The van der Waals surface area contributed by atoms with Crippen LogP contribution in [0.15, 0.2) is 46.9 Å². The molecule has 2 rings (SSSR count). The monoisotopic (exact) mass is 321 g/mol. The topological polar surface area (TPSA) is 55.5 Å². The number of halogens is 1. The summed E-state index contributed by atoms with van der Waals surface area (Å²) >= 11 is 3.43. The zero-order valence-electron chi connectivity index (χ0n) is 10.6. The van der Waals surface area contributed by atoms with Crippen molar-refractivity contribution in [3.63, 3.8) is 0 Å². The van der Waals surface area contributed by atoms with Gasteiger partial charge in [-0.2, -0.15) is 0 Å². The molecule has 0 aliphatic carbocycles. The molecule has 0 saturated carbocycles. The molecule has 3 nitrogen and oxygen atoms in total. The van der Waals surface area contributed by atoms with E-state index in [1.54, 1.807) is 12.1 Å². The molecule has 3 N–H and O–H groups in total. The van der Waals surface area contributed by atoms with Crippen molar-refractivity contribution in [2.45, 2.75) is 19.6 Å². The fraction of sp³-hybridized carbons (Fsp3) is 0.200. The van der Waals surface area contributed by atoms with Crippen molar-refractivity contribution in [3.05, 3.63) is 58.1 Å². The minimum atomic E-state index is -0.0806. The van der Waals surface area contributed by atoms with Crippen molar-refractivity contribution in [1.29, 1.82) is 0 Å². The summed E-state index contributed by atoms with van der Waals surface area (Å²) in [4.78, 5) is 0. The van der Waals surface area contributed by atoms with Crippen molar-refractivity contribution < 1.29 is 9.84 Å². The normalized spacial score (nSPS) is 12.2. The Morgan fingerprint density at radius 1 is 1.21 bits per heavy atom. The van der Waals surface area contributed by atoms with E-state index in [0.717, 1.165) is 21.3 Å². The summed E-state index contributed by atoms with van der Waals surface area (Å²) in [5, 5.41) is 9.23. The van der Waals surface area contributed by atoms with Crippen molar-refractivity contribution in [1.82, 2.24) is 0 Å². The first-order chi connectivity index (χ1) is 9.06. The highest BCUT2D eigenvalue weighted by atomic mass is 79.9. The minimum Gasteiger partial charge on any atom is -0.508 e. The van der Waals surface area contributed by atoms with Crippen LogP contribution in [0.5, 0.6) is 11.5 Å². The van der Waals surface area contributed by atoms with Crippen LogP contribution < -0.4 is 10.5 Å². The molecule has 0 unspecified atom stereocenters. The van der Waals surface area contributed by atoms with Crippen LogP contribution in [0.2, 0.25) is 0 Å². The molecule has 0 heterocycles. The summed E-state index contributed by atoms with van der Waals surface area (Å²) in [5.41, 5.74) is 7.89. The summed E-state index contributed by atoms with van der Waals surface area (Å²) in [6, 6.07) is 12.7. The highest BCUT2D eigenvalue weighted by molar-refractivity contribution is 9.10. The number of aromatic hydroxyl groups is 1. The van der Waals surface area contributed by atoms with Crippen molar-refractivity contribution in [2.24, 2.45) is 5.73 Å². The predicted molar refractivity (Wildman–Crippen MR) is 79.2 cm³/mol. The fourth-order valence-electron chi connectivity index (χ4n) is 1.76. The molecule has 0 aliphatic heterocycles. The Morgan fingerprint density at radius 2 is 1.89 bits per heavy atom. The van der Waals surface area contributed by atoms with Gasteiger partial charge in [-0.15, -0.1) is 0 Å². The summed E-state index contributed by atoms with van der Waals surface area (Å²) in [7, 11) is 0. The largest absolute Gasteiger partial charge is 0.508 e. The molecule has 4 heteroatoms. The van der Waals surface area contributed by atoms with Gasteiger partial charge in [0.1, 0.15) is 18.1 Å². The zero-order chi connectivity index (χ0) is 13.8. The number of hydrogen-bond donors (Lipinski definition) is 2. The summed E-state index contributed by atoms with van der Waals surface area (Å²) < 4.78 is 6.77. The SMILES string of the molecule is C[C@H](N)c1ccc(Br)cc1OCc1ccc(O)cc1. The number of phenolic OH excluding ortho intramolecular Hbond substituents is 1. The Hall–Kier alpha value is -1.52. The Balaban J connectivity index is 2.14. The summed E-state index contributed by atoms with van der Waals surface area (Å²) in [6.07, 6.45) is 0. The van der Waals surface area contributed by atoms with E-state index in [9.17, 15) is 5.11 Å². The Labute approximate surface area is 121 Å². The Morgan fingerprint density at radius 3 is 2.53 bits per heavy atom. The van der Waals surface area contributed by atoms with Crippen LogP contribution in [0.25, 0.3) is 0 Å². The van der Waals surface area contributed by atoms with Crippen LogP contribution in [0.4, 0.5) is 0 Å². The van der Waals surface area contributed by atoms with Gasteiger partial charge >= 0.3 is 0 Å². The van der Waals surface area contributed by atoms with Crippen molar-refractivity contribution >= 4 is 15.9 Å². The molecule has 2 aromatic rings. The van der Waals surface area contributed by atoms with E-state index in [-0.39, 0.29) is 11.8 Å². The summed E-state index contributed by atoms with van der Waals surface area (Å²) in [5.74, 6) is 1.03. The number of phenols is 1. The van der Waals surface area contributed by atoms with E-state index < -0.39 is 0 Å². The van der Waals surface area contributed by atoms with Crippen molar-refractivity contribution in [3.8, 4) is 11.5 Å². The van der Waals surface area contributed by atoms with Gasteiger partial charge in [0.05, 0.1) is 0 Å². The van der Waals surface area contributed by atoms with Gasteiger partial charge in [-0.05, 0) is 36.8 Å². The molecule has 0 aliphatic rings. The highest BCUT2D eigenvalue weighted by Gasteiger charge is 2.09. The van der Waals surface area contributed by atoms with E-state index in [2.05, 4.69) is 15.9 Å². The van der Waals surface area contributed by atoms with E-state index >= 15 is 0 Å². The van der Waals surface area contributed by atoms with Crippen LogP contribution >= 0.6 is 15.9 Å². The quantitative estimate of drug-likeness (QED) is 0.901. The second-order valence-electron chi connectivity index (χ2n) is 4.43. The van der Waals surface area contributed by atoms with Crippen LogP contribution in [0.3, 0.4) is 0 Å². The first kappa shape index (κ1) is 13.9. The molecule has 0 spiro atoms. The van der Waals surface area contributed by atoms with Gasteiger partial charge < -0.3 is 15.6 Å². The third kappa shape index (κ3) is 3.72. The maximum atomic E-state index is 9.23. The standard InChI is InChI=1S/C15H16BrNO2/c1-10(17)14-7-4-12(16)8-15(14)19-9-11-2-5-13(18)6-3-11/h2-8,10,18H,9,17H2,1H3/t10-/m0/s1. The van der Waals surface area contributed by atoms with Gasteiger partial charge in [-0.25, -0.2) is 0 Å². The molecule has 0 amide bonds. The highest BCUT2D eigenvalue weighted by Crippen LogP contribution is 2.28. The lowest BCUT2D eigenvalue weighted by Gasteiger charge is -2.14. The maximum absolute atomic E-state index is 9.23. The average molecular weight is 322 g/mol. The fourth-order valence-corrected chi connectivity index (χ4v) is 2.10. The third-order valence-corrected chi connectivity index (χ3v) is 3.29. The number of benzene rings is 2. The van der Waals surface area contributed by atoms with Gasteiger partial charge in [0.25, 0.3) is 0 Å². The van der Waals surface area contributed by atoms with Gasteiger partial charge in [-0.1, -0.05) is 34.1 Å². The molecular formula is C15H16BrNO2. The lowest BCUT2D eigenvalue weighted by molar-refractivity contribution is 0.301. The average Bonchev–Trinajstić information content (AvgIpc) is 2.38. The Bertz CT molecular complexity index is 553. The number of nitrogens with two attached hydrogens (primary N) is 1. The molecule has 0 fully saturated rings. The molecule has 1 atom stereocenters. The first-order valence-corrected chi connectivity index (χ1v) is 6.81. The predicted octanol–water partition coefficient (Wildman–Crippen LogP) is 3.75. The Kier molecular flexibility index (Phi) is 4.45. The number of ether oxygens (including phenoxy) is 1. The van der Waals surface area contributed by atoms with Crippen LogP contribution in [0.1, 0.15) is 24.1 Å². The third-order valence-electron chi connectivity index (χ3n) is 2.80. The molecule has 19 heavy (non-hydrogen) atoms. The minimum absolute atomic E-state index is 0.0806. The molecule has 0 bridgehead atoms. The van der Waals surface area contributed by atoms with Gasteiger partial charge in [0.15, 0.2) is 0 Å². The van der Waals surface area contributed by atoms with E-state index in [4.69, 9.17) is 10.5 Å². The van der Waals surface area contributed by atoms with E-state index in [1.165, 1.54) is 0 Å². The molecule has 100 valence electrons. The lowest BCUT2D eigenvalue weighted by Crippen LogP contribution is -2.08. The smallest absolute Gasteiger partial charge is 0.125 e. The van der Waals surface area contributed by atoms with Crippen LogP contribution in [-0.2, 0) is 6.61 Å². The molecule has 0 aromatic heterocycles. The van der Waals surface area contributed by atoms with Gasteiger partial charge in [-0.3, -0.25) is 0 Å². The second-order valence-corrected chi connectivity index (χ2v) is 5.34. The maximum Gasteiger partial charge on any atom is 0.125 e. The molecule has 0 saturated heterocycles. The van der Waals surface area contributed by atoms with E-state index in [0.29, 0.717) is 6.61 Å². The first-order valence-electron chi connectivity index (χ1n) is 6.02. The van der Waals surface area contributed by atoms with E-state index in [1.807, 2.05) is 37.3 Å². The summed E-state index contributed by atoms with van der Waals surface area (Å²) in [6.45, 7) is 2.37. The lowest BCUT2D eigenvalue weighted by atomic mass is 10.1. The molecule has 2 aromatic carbocycles. The van der Waals surface area contributed by atoms with Crippen LogP contribution in [0, 0.1) is 0 Å². The van der Waals surface area contributed by atoms with Gasteiger partial charge in [0, 0.05) is 16.1 Å². The second kappa shape index (κ2) is 6.08. The van der Waals surface area contributed by atoms with Crippen molar-refractivity contribution in [2.75, 3.05) is 0 Å². The number of hydrogen-bond acceptors (Lipinski definition) is 3. The van der Waals surface area contributed by atoms with Gasteiger partial charge in [0.2, 0.25) is 0 Å².